The van der Waals surface area contributed by atoms with Crippen LogP contribution in [0.3, 0.4) is 0 Å². The summed E-state index contributed by atoms with van der Waals surface area (Å²) in [6.07, 6.45) is 0. The van der Waals surface area contributed by atoms with E-state index in [9.17, 15) is 0 Å². The molecule has 7 aromatic rings. The average Bonchev–Trinajstić information content (AvgIpc) is 3.89. The minimum atomic E-state index is 0. The molecule has 286 valence electrons. The van der Waals surface area contributed by atoms with Crippen molar-refractivity contribution in [2.24, 2.45) is 0 Å². The van der Waals surface area contributed by atoms with Crippen LogP contribution in [0, 0.1) is 0 Å². The number of fused-ring (bicyclic) bond motifs is 20. The maximum Gasteiger partial charge on any atom is 1.00 e. The Morgan fingerprint density at radius 3 is 0.964 bits per heavy atom. The quantitative estimate of drug-likeness (QED) is 0.0889. The van der Waals surface area contributed by atoms with E-state index in [1.54, 1.807) is 0 Å². The summed E-state index contributed by atoms with van der Waals surface area (Å²) in [5, 5.41) is 3.00. The van der Waals surface area contributed by atoms with Crippen LogP contribution in [0.1, 0.15) is 0 Å². The predicted molar refractivity (Wildman–Crippen MR) is 272 cm³/mol. The van der Waals surface area contributed by atoms with Crippen LogP contribution in [0.5, 0.6) is 0 Å². The second-order valence-electron chi connectivity index (χ2n) is 11.5. The summed E-state index contributed by atoms with van der Waals surface area (Å²) >= 11 is 56.8. The van der Waals surface area contributed by atoms with E-state index < -0.39 is 0 Å². The molecular weight excluding hydrogens is 1760 g/mol. The number of aromatic amines is 2. The van der Waals surface area contributed by atoms with Gasteiger partial charge in [-0.15, -0.1) is 0 Å². The number of rotatable bonds is 0. The summed E-state index contributed by atoms with van der Waals surface area (Å²) in [7, 11) is 0. The minimum Gasteiger partial charge on any atom is -0.324 e. The Labute approximate surface area is 451 Å². The number of hydrogen-bond donors (Lipinski definition) is 2. The molecule has 8 nitrogen and oxygen atoms in total. The van der Waals surface area contributed by atoms with Crippen LogP contribution in [0.2, 0.25) is 0 Å². The Morgan fingerprint density at radius 2 is 0.589 bits per heavy atom. The first kappa shape index (κ1) is 44.6. The van der Waals surface area contributed by atoms with E-state index in [1.165, 1.54) is 0 Å². The fourth-order valence-corrected chi connectivity index (χ4v) is 15.3. The van der Waals surface area contributed by atoms with E-state index in [0.29, 0.717) is 45.9 Å². The normalized spacial score (nSPS) is 12.1. The second-order valence-corrected chi connectivity index (χ2v) is 23.5. The molecule has 0 unspecified atom stereocenters. The van der Waals surface area contributed by atoms with Gasteiger partial charge >= 0.3 is 17.1 Å². The van der Waals surface area contributed by atoms with Crippen LogP contribution in [-0.4, -0.2) is 39.9 Å². The van der Waals surface area contributed by atoms with Gasteiger partial charge in [-0.2, -0.15) is 0 Å². The molecule has 0 amide bonds. The largest absolute Gasteiger partial charge is 1.00 e. The number of nitrogens with one attached hydrogen (secondary N) is 2. The molecule has 2 aliphatic heterocycles. The molecule has 2 N–H and O–H groups in total. The van der Waals surface area contributed by atoms with E-state index in [1.807, 2.05) is 6.07 Å². The molecule has 4 aromatic carbocycles. The van der Waals surface area contributed by atoms with Crippen molar-refractivity contribution in [2.75, 3.05) is 0 Å². The third-order valence-electron chi connectivity index (χ3n) is 8.59. The smallest absolute Gasteiger partial charge is 0.324 e. The number of hydrogen-bond acceptors (Lipinski definition) is 6. The predicted octanol–water partition coefficient (Wildman–Crippen LogP) is 18.3. The fourth-order valence-electron chi connectivity index (χ4n) is 6.18. The fraction of sp³-hybridized carbons (Fsp3) is 0. The molecule has 5 heterocycles. The molecule has 24 heteroatoms. The summed E-state index contributed by atoms with van der Waals surface area (Å²) in [4.78, 5) is 38.1. The van der Waals surface area contributed by atoms with Crippen LogP contribution in [0.15, 0.2) is 73.2 Å². The van der Waals surface area contributed by atoms with Crippen LogP contribution in [0.25, 0.3) is 89.7 Å². The molecule has 0 spiro atoms. The summed E-state index contributed by atoms with van der Waals surface area (Å²) < 4.78 is 11.5. The first-order chi connectivity index (χ1) is 26.0. The van der Waals surface area contributed by atoms with Gasteiger partial charge in [0.2, 0.25) is 0 Å². The van der Waals surface area contributed by atoms with Crippen molar-refractivity contribution in [2.45, 2.75) is 0 Å². The van der Waals surface area contributed by atoms with E-state index in [-0.39, 0.29) is 17.1 Å². The van der Waals surface area contributed by atoms with Crippen molar-refractivity contribution in [3.63, 3.8) is 0 Å². The standard InChI is InChI=1S/C32H3Br15N8.Cu/c33-3-1-2-4(12(35)11(3)34)26-48-25(2)49-27-5-6(14(37)20(43)19(42)13(5)36)29(51-27)53-31-9-10(18(41)24(47)23(46)17(9)40)32(55-31)54-30-8-7(28(50-26)52-30)15(38)21(44)22(45)16(8)39;/h1H,(H2,48,49,50,51,52,53,54,55);/q;+1. The van der Waals surface area contributed by atoms with Crippen LogP contribution in [0.4, 0.5) is 0 Å². The Bertz CT molecular complexity index is 3170. The summed E-state index contributed by atoms with van der Waals surface area (Å²) in [5.41, 5.74) is 4.91. The summed E-state index contributed by atoms with van der Waals surface area (Å²) in [6.45, 7) is 0. The van der Waals surface area contributed by atoms with E-state index in [2.05, 4.69) is 249 Å². The van der Waals surface area contributed by atoms with Crippen LogP contribution < -0.4 is 0 Å². The van der Waals surface area contributed by atoms with Crippen LogP contribution in [-0.2, 0) is 17.1 Å². The summed E-state index contributed by atoms with van der Waals surface area (Å²) in [5.74, 6) is 1.65. The van der Waals surface area contributed by atoms with Gasteiger partial charge in [-0.1, -0.05) is 0 Å². The Morgan fingerprint density at radius 1 is 0.304 bits per heavy atom. The molecule has 0 saturated heterocycles. The zero-order valence-corrected chi connectivity index (χ0v) is 50.5. The van der Waals surface area contributed by atoms with Crippen molar-refractivity contribution in [3.05, 3.63) is 73.2 Å². The van der Waals surface area contributed by atoms with Gasteiger partial charge in [0.05, 0.1) is 0 Å². The van der Waals surface area contributed by atoms with Gasteiger partial charge in [0.1, 0.15) is 22.6 Å². The SMILES string of the molecule is Brc1cc2c(c(Br)c1Br)-c1nc-2nc2[nH]c(nc3nc(nc4[nH]c(n1)c1c(Br)c(Br)c(Br)c(Br)c41)-c1c(Br)c(Br)c(Br)c(Br)c1-3)c1c(Br)c(Br)c(Br)c(Br)c21.[Cu+]. The first-order valence-electron chi connectivity index (χ1n) is 14.6. The van der Waals surface area contributed by atoms with E-state index >= 15 is 0 Å². The minimum absolute atomic E-state index is 0. The number of aromatic nitrogens is 8. The number of H-pyrrole nitrogens is 2. The van der Waals surface area contributed by atoms with Crippen molar-refractivity contribution in [3.8, 4) is 45.6 Å². The second kappa shape index (κ2) is 16.5. The molecule has 56 heavy (non-hydrogen) atoms. The van der Waals surface area contributed by atoms with Crippen molar-refractivity contribution >= 4 is 283 Å². The van der Waals surface area contributed by atoms with Gasteiger partial charge in [0.15, 0.2) is 23.3 Å². The number of benzene rings is 4. The molecule has 0 radical (unpaired) electrons. The van der Waals surface area contributed by atoms with Crippen molar-refractivity contribution in [1.29, 1.82) is 0 Å². The number of halogens is 15. The van der Waals surface area contributed by atoms with Gasteiger partial charge in [-0.25, -0.2) is 29.9 Å². The molecule has 0 fully saturated rings. The Kier molecular flexibility index (Phi) is 13.1. The van der Waals surface area contributed by atoms with E-state index in [4.69, 9.17) is 29.9 Å². The topological polar surface area (TPSA) is 109 Å². The van der Waals surface area contributed by atoms with Gasteiger partial charge in [0.25, 0.3) is 0 Å². The van der Waals surface area contributed by atoms with Crippen molar-refractivity contribution < 1.29 is 17.1 Å². The third-order valence-corrected chi connectivity index (χ3v) is 26.2. The molecule has 0 saturated carbocycles. The van der Waals surface area contributed by atoms with Crippen molar-refractivity contribution in [1.82, 2.24) is 39.9 Å². The molecular formula is C32H3Br15CuN8+. The molecule has 8 bridgehead atoms. The van der Waals surface area contributed by atoms with Gasteiger partial charge in [0, 0.05) is 111 Å². The maximum atomic E-state index is 5.23. The molecule has 3 aromatic heterocycles. The van der Waals surface area contributed by atoms with E-state index in [0.717, 1.165) is 111 Å². The zero-order valence-electron chi connectivity index (χ0n) is 25.7. The monoisotopic (exact) mass is 1750 g/mol. The summed E-state index contributed by atoms with van der Waals surface area (Å²) in [6, 6.07) is 1.97. The Balaban J connectivity index is 0.00000441. The zero-order chi connectivity index (χ0) is 39.3. The van der Waals surface area contributed by atoms with Gasteiger partial charge in [-0.05, 0) is 245 Å². The molecule has 0 aliphatic carbocycles. The average molecular weight is 1760 g/mol. The molecule has 2 aliphatic rings. The molecule has 0 atom stereocenters. The van der Waals surface area contributed by atoms with Gasteiger partial charge in [-0.3, -0.25) is 0 Å². The molecule has 9 rings (SSSR count). The van der Waals surface area contributed by atoms with Gasteiger partial charge < -0.3 is 9.97 Å². The number of nitrogens with zero attached hydrogens (tertiary/aromatic N) is 6. The van der Waals surface area contributed by atoms with Crippen LogP contribution >= 0.6 is 239 Å². The Hall–Kier alpha value is 1.96. The first-order valence-corrected chi connectivity index (χ1v) is 26.5. The third kappa shape index (κ3) is 6.77. The maximum absolute atomic E-state index is 5.23.